The van der Waals surface area contributed by atoms with E-state index in [0.29, 0.717) is 17.4 Å². The predicted octanol–water partition coefficient (Wildman–Crippen LogP) is 0.651. The van der Waals surface area contributed by atoms with Crippen molar-refractivity contribution in [2.75, 3.05) is 32.4 Å². The van der Waals surface area contributed by atoms with Gasteiger partial charge in [-0.15, -0.1) is 0 Å². The highest BCUT2D eigenvalue weighted by molar-refractivity contribution is 5.97. The fourth-order valence-electron chi connectivity index (χ4n) is 2.49. The number of carbonyl (C=O) groups is 1. The minimum atomic E-state index is -0.0451. The van der Waals surface area contributed by atoms with E-state index in [1.165, 1.54) is 0 Å². The third kappa shape index (κ3) is 2.73. The molecule has 2 heterocycles. The molecule has 1 amide bonds. The van der Waals surface area contributed by atoms with Crippen LogP contribution in [0.15, 0.2) is 6.20 Å². The highest BCUT2D eigenvalue weighted by Crippen LogP contribution is 2.16. The maximum absolute atomic E-state index is 12.5. The molecule has 1 aliphatic heterocycles. The van der Waals surface area contributed by atoms with Crippen LogP contribution < -0.4 is 5.73 Å². The first kappa shape index (κ1) is 13.9. The molecule has 1 atom stereocenters. The Hall–Kier alpha value is -1.56. The van der Waals surface area contributed by atoms with Crippen molar-refractivity contribution in [3.05, 3.63) is 11.9 Å². The standard InChI is InChI=1S/C13H23N5O/c1-4-10-8-17(7-6-16(10)3)13(19)12-11(14)9-18(5-2)15-12/h9-10H,4-8,14H2,1-3H3. The topological polar surface area (TPSA) is 67.4 Å². The van der Waals surface area contributed by atoms with E-state index >= 15 is 0 Å². The Morgan fingerprint density at radius 2 is 2.21 bits per heavy atom. The molecular weight excluding hydrogens is 242 g/mol. The normalized spacial score (nSPS) is 20.8. The van der Waals surface area contributed by atoms with Gasteiger partial charge in [0.1, 0.15) is 0 Å². The highest BCUT2D eigenvalue weighted by atomic mass is 16.2. The number of nitrogens with zero attached hydrogens (tertiary/aromatic N) is 4. The number of piperazine rings is 1. The molecule has 1 fully saturated rings. The van der Waals surface area contributed by atoms with E-state index in [9.17, 15) is 4.79 Å². The van der Waals surface area contributed by atoms with Crippen molar-refractivity contribution in [3.63, 3.8) is 0 Å². The number of amides is 1. The second kappa shape index (κ2) is 5.61. The monoisotopic (exact) mass is 265 g/mol. The van der Waals surface area contributed by atoms with Crippen LogP contribution in [0.2, 0.25) is 0 Å². The van der Waals surface area contributed by atoms with Crippen LogP contribution in [0, 0.1) is 0 Å². The number of hydrogen-bond donors (Lipinski definition) is 1. The summed E-state index contributed by atoms with van der Waals surface area (Å²) in [4.78, 5) is 16.6. The van der Waals surface area contributed by atoms with Crippen molar-refractivity contribution in [3.8, 4) is 0 Å². The smallest absolute Gasteiger partial charge is 0.276 e. The van der Waals surface area contributed by atoms with Gasteiger partial charge in [0.15, 0.2) is 5.69 Å². The van der Waals surface area contributed by atoms with Crippen molar-refractivity contribution in [2.24, 2.45) is 0 Å². The third-order valence-corrected chi connectivity index (χ3v) is 3.85. The minimum absolute atomic E-state index is 0.0451. The third-order valence-electron chi connectivity index (χ3n) is 3.85. The Morgan fingerprint density at radius 3 is 2.79 bits per heavy atom. The van der Waals surface area contributed by atoms with Gasteiger partial charge in [-0.25, -0.2) is 0 Å². The largest absolute Gasteiger partial charge is 0.396 e. The summed E-state index contributed by atoms with van der Waals surface area (Å²) in [5.74, 6) is -0.0451. The molecule has 1 saturated heterocycles. The molecule has 1 aliphatic rings. The number of hydrogen-bond acceptors (Lipinski definition) is 4. The number of likely N-dealkylation sites (N-methyl/N-ethyl adjacent to an activating group) is 1. The van der Waals surface area contributed by atoms with Gasteiger partial charge in [-0.2, -0.15) is 5.10 Å². The molecule has 0 aromatic carbocycles. The van der Waals surface area contributed by atoms with Crippen LogP contribution in [0.25, 0.3) is 0 Å². The maximum atomic E-state index is 12.5. The van der Waals surface area contributed by atoms with Crippen LogP contribution in [-0.4, -0.2) is 58.2 Å². The number of rotatable bonds is 3. The average molecular weight is 265 g/mol. The molecule has 0 aliphatic carbocycles. The molecule has 2 N–H and O–H groups in total. The lowest BCUT2D eigenvalue weighted by Gasteiger charge is -2.38. The number of aromatic nitrogens is 2. The lowest BCUT2D eigenvalue weighted by Crippen LogP contribution is -2.53. The van der Waals surface area contributed by atoms with Crippen molar-refractivity contribution in [1.29, 1.82) is 0 Å². The molecule has 1 aromatic rings. The lowest BCUT2D eigenvalue weighted by molar-refractivity contribution is 0.0536. The van der Waals surface area contributed by atoms with Gasteiger partial charge in [0.25, 0.3) is 5.91 Å². The van der Waals surface area contributed by atoms with E-state index in [2.05, 4.69) is 24.0 Å². The summed E-state index contributed by atoms with van der Waals surface area (Å²) in [6.45, 7) is 7.24. The van der Waals surface area contributed by atoms with E-state index in [-0.39, 0.29) is 5.91 Å². The molecule has 1 aromatic heterocycles. The highest BCUT2D eigenvalue weighted by Gasteiger charge is 2.28. The Morgan fingerprint density at radius 1 is 1.47 bits per heavy atom. The van der Waals surface area contributed by atoms with Gasteiger partial charge in [-0.05, 0) is 20.4 Å². The number of nitrogens with two attached hydrogens (primary N) is 1. The summed E-state index contributed by atoms with van der Waals surface area (Å²) in [7, 11) is 2.11. The van der Waals surface area contributed by atoms with Crippen LogP contribution >= 0.6 is 0 Å². The quantitative estimate of drug-likeness (QED) is 0.871. The molecular formula is C13H23N5O. The molecule has 6 nitrogen and oxygen atoms in total. The molecule has 2 rings (SSSR count). The van der Waals surface area contributed by atoms with E-state index in [1.807, 2.05) is 11.8 Å². The number of anilines is 1. The van der Waals surface area contributed by atoms with Gasteiger partial charge in [0.05, 0.1) is 5.69 Å². The summed E-state index contributed by atoms with van der Waals surface area (Å²) in [5, 5.41) is 4.26. The molecule has 106 valence electrons. The van der Waals surface area contributed by atoms with Crippen molar-refractivity contribution in [1.82, 2.24) is 19.6 Å². The van der Waals surface area contributed by atoms with Gasteiger partial charge in [-0.3, -0.25) is 14.4 Å². The maximum Gasteiger partial charge on any atom is 0.276 e. The first-order chi connectivity index (χ1) is 9.06. The number of aryl methyl sites for hydroxylation is 1. The fourth-order valence-corrected chi connectivity index (χ4v) is 2.49. The number of nitrogen functional groups attached to an aromatic ring is 1. The summed E-state index contributed by atoms with van der Waals surface area (Å²) in [5.41, 5.74) is 6.74. The second-order valence-corrected chi connectivity index (χ2v) is 5.08. The SMILES string of the molecule is CCC1CN(C(=O)c2nn(CC)cc2N)CCN1C. The van der Waals surface area contributed by atoms with Gasteiger partial charge in [0, 0.05) is 38.4 Å². The van der Waals surface area contributed by atoms with Gasteiger partial charge < -0.3 is 10.6 Å². The second-order valence-electron chi connectivity index (χ2n) is 5.08. The summed E-state index contributed by atoms with van der Waals surface area (Å²) < 4.78 is 1.70. The van der Waals surface area contributed by atoms with Crippen molar-refractivity contribution >= 4 is 11.6 Å². The predicted molar refractivity (Wildman–Crippen MR) is 74.9 cm³/mol. The zero-order valence-corrected chi connectivity index (χ0v) is 12.0. The Labute approximate surface area is 114 Å². The van der Waals surface area contributed by atoms with Gasteiger partial charge in [-0.1, -0.05) is 6.92 Å². The van der Waals surface area contributed by atoms with Crippen LogP contribution in [0.5, 0.6) is 0 Å². The van der Waals surface area contributed by atoms with Crippen LogP contribution in [0.3, 0.4) is 0 Å². The molecule has 0 saturated carbocycles. The fraction of sp³-hybridized carbons (Fsp3) is 0.692. The van der Waals surface area contributed by atoms with E-state index in [1.54, 1.807) is 10.9 Å². The molecule has 6 heteroatoms. The van der Waals surface area contributed by atoms with Crippen LogP contribution in [-0.2, 0) is 6.54 Å². The van der Waals surface area contributed by atoms with E-state index in [0.717, 1.165) is 32.6 Å². The minimum Gasteiger partial charge on any atom is -0.396 e. The van der Waals surface area contributed by atoms with Crippen molar-refractivity contribution in [2.45, 2.75) is 32.9 Å². The van der Waals surface area contributed by atoms with E-state index < -0.39 is 0 Å². The molecule has 19 heavy (non-hydrogen) atoms. The van der Waals surface area contributed by atoms with Gasteiger partial charge >= 0.3 is 0 Å². The van der Waals surface area contributed by atoms with Crippen molar-refractivity contribution < 1.29 is 4.79 Å². The van der Waals surface area contributed by atoms with E-state index in [4.69, 9.17) is 5.73 Å². The molecule has 0 radical (unpaired) electrons. The Balaban J connectivity index is 2.13. The first-order valence-corrected chi connectivity index (χ1v) is 6.89. The molecule has 0 spiro atoms. The summed E-state index contributed by atoms with van der Waals surface area (Å²) in [6.07, 6.45) is 2.76. The van der Waals surface area contributed by atoms with Crippen LogP contribution in [0.1, 0.15) is 30.8 Å². The Bertz CT molecular complexity index is 456. The summed E-state index contributed by atoms with van der Waals surface area (Å²) in [6, 6.07) is 0.423. The zero-order valence-electron chi connectivity index (χ0n) is 12.0. The Kier molecular flexibility index (Phi) is 4.09. The summed E-state index contributed by atoms with van der Waals surface area (Å²) >= 11 is 0. The zero-order chi connectivity index (χ0) is 14.0. The van der Waals surface area contributed by atoms with Crippen LogP contribution in [0.4, 0.5) is 5.69 Å². The molecule has 1 unspecified atom stereocenters. The number of carbonyl (C=O) groups excluding carboxylic acids is 1. The average Bonchev–Trinajstić information content (AvgIpc) is 2.80. The first-order valence-electron chi connectivity index (χ1n) is 6.89. The molecule has 0 bridgehead atoms. The lowest BCUT2D eigenvalue weighted by atomic mass is 10.1. The van der Waals surface area contributed by atoms with Gasteiger partial charge in [0.2, 0.25) is 0 Å².